The maximum absolute atomic E-state index is 10.5. The molecular weight excluding hydrogens is 268 g/mol. The molecule has 0 aromatic heterocycles. The van der Waals surface area contributed by atoms with Crippen molar-refractivity contribution in [3.63, 3.8) is 0 Å². The number of aldehydes is 1. The lowest BCUT2D eigenvalue weighted by atomic mass is 10.1. The van der Waals surface area contributed by atoms with Crippen molar-refractivity contribution in [3.05, 3.63) is 46.6 Å². The Morgan fingerprint density at radius 3 is 1.64 bits per heavy atom. The van der Waals surface area contributed by atoms with Gasteiger partial charge in [-0.25, -0.2) is 0 Å². The third kappa shape index (κ3) is 15.0. The van der Waals surface area contributed by atoms with Crippen LogP contribution in [0.5, 0.6) is 0 Å². The van der Waals surface area contributed by atoms with Gasteiger partial charge in [-0.3, -0.25) is 4.79 Å². The number of allylic oxidation sites excluding steroid dienone is 8. The summed E-state index contributed by atoms with van der Waals surface area (Å²) in [6.07, 6.45) is 16.5. The predicted octanol–water partition coefficient (Wildman–Crippen LogP) is 6.97. The molecule has 0 N–H and O–H groups in total. The molecule has 1 heteroatoms. The van der Waals surface area contributed by atoms with Crippen molar-refractivity contribution >= 4 is 6.29 Å². The number of carbonyl (C=O) groups excluding carboxylic acids is 1. The molecule has 0 radical (unpaired) electrons. The fraction of sp³-hybridized carbons (Fsp3) is 0.571. The van der Waals surface area contributed by atoms with Crippen LogP contribution in [-0.4, -0.2) is 6.29 Å². The van der Waals surface area contributed by atoms with Gasteiger partial charge in [0.25, 0.3) is 0 Å². The molecule has 0 aliphatic rings. The zero-order valence-electron chi connectivity index (χ0n) is 14.5. The number of hydrogen-bond acceptors (Lipinski definition) is 1. The summed E-state index contributed by atoms with van der Waals surface area (Å²) in [4.78, 5) is 10.5. The summed E-state index contributed by atoms with van der Waals surface area (Å²) < 4.78 is 0. The molecule has 0 aliphatic carbocycles. The van der Waals surface area contributed by atoms with Gasteiger partial charge in [0.1, 0.15) is 6.29 Å². The molecule has 0 bridgehead atoms. The normalized spacial score (nSPS) is 12.7. The molecule has 0 rings (SSSR count). The second-order valence-corrected chi connectivity index (χ2v) is 6.10. The predicted molar refractivity (Wildman–Crippen MR) is 101 cm³/mol. The zero-order valence-corrected chi connectivity index (χ0v) is 14.5. The second-order valence-electron chi connectivity index (χ2n) is 6.10. The molecule has 0 saturated heterocycles. The first-order valence-corrected chi connectivity index (χ1v) is 8.02. The SMILES string of the molecule is C.CC(C)=CCCC=C(C)CCC=C(C)CCC=C(C)C=O. The van der Waals surface area contributed by atoms with E-state index >= 15 is 0 Å². The van der Waals surface area contributed by atoms with Gasteiger partial charge in [0.05, 0.1) is 0 Å². The molecule has 0 aromatic rings. The number of unbranched alkanes of at least 4 members (excludes halogenated alkanes) is 1. The minimum absolute atomic E-state index is 0. The monoisotopic (exact) mass is 304 g/mol. The van der Waals surface area contributed by atoms with E-state index in [4.69, 9.17) is 0 Å². The van der Waals surface area contributed by atoms with Gasteiger partial charge in [0, 0.05) is 0 Å². The van der Waals surface area contributed by atoms with Gasteiger partial charge >= 0.3 is 0 Å². The van der Waals surface area contributed by atoms with Crippen molar-refractivity contribution in [3.8, 4) is 0 Å². The van der Waals surface area contributed by atoms with Crippen LogP contribution in [0.25, 0.3) is 0 Å². The van der Waals surface area contributed by atoms with Crippen LogP contribution in [0, 0.1) is 0 Å². The third-order valence-electron chi connectivity index (χ3n) is 3.43. The Balaban J connectivity index is 0. The van der Waals surface area contributed by atoms with Gasteiger partial charge in [0.2, 0.25) is 0 Å². The van der Waals surface area contributed by atoms with E-state index in [2.05, 4.69) is 45.9 Å². The highest BCUT2D eigenvalue weighted by atomic mass is 16.1. The first-order valence-electron chi connectivity index (χ1n) is 8.02. The standard InChI is InChI=1S/C20H32O.CH4/c1-17(2)10-6-7-11-18(3)12-8-13-19(4)14-9-15-20(5)16-21;/h10-11,13,15-16H,6-9,12,14H2,1-5H3;1H4. The Kier molecular flexibility index (Phi) is 15.2. The molecule has 0 heterocycles. The van der Waals surface area contributed by atoms with Gasteiger partial charge in [-0.05, 0) is 78.7 Å². The molecule has 0 amide bonds. The molecule has 1 nitrogen and oxygen atoms in total. The minimum Gasteiger partial charge on any atom is -0.298 e. The Morgan fingerprint density at radius 1 is 0.682 bits per heavy atom. The van der Waals surface area contributed by atoms with Gasteiger partial charge in [-0.15, -0.1) is 0 Å². The van der Waals surface area contributed by atoms with Crippen molar-refractivity contribution in [2.24, 2.45) is 0 Å². The van der Waals surface area contributed by atoms with Crippen LogP contribution in [0.15, 0.2) is 46.6 Å². The lowest BCUT2D eigenvalue weighted by Crippen LogP contribution is -1.82. The zero-order chi connectivity index (χ0) is 16.1. The summed E-state index contributed by atoms with van der Waals surface area (Å²) in [5, 5.41) is 0. The van der Waals surface area contributed by atoms with E-state index in [1.54, 1.807) is 0 Å². The summed E-state index contributed by atoms with van der Waals surface area (Å²) in [7, 11) is 0. The second kappa shape index (κ2) is 14.6. The molecule has 126 valence electrons. The van der Waals surface area contributed by atoms with Gasteiger partial charge in [0.15, 0.2) is 0 Å². The Morgan fingerprint density at radius 2 is 1.14 bits per heavy atom. The molecule has 0 aromatic carbocycles. The van der Waals surface area contributed by atoms with E-state index in [9.17, 15) is 4.79 Å². The average molecular weight is 305 g/mol. The van der Waals surface area contributed by atoms with E-state index in [0.29, 0.717) is 0 Å². The van der Waals surface area contributed by atoms with Crippen molar-refractivity contribution in [2.75, 3.05) is 0 Å². The fourth-order valence-electron chi connectivity index (χ4n) is 2.03. The quantitative estimate of drug-likeness (QED) is 0.184. The van der Waals surface area contributed by atoms with Crippen molar-refractivity contribution in [1.29, 1.82) is 0 Å². The van der Waals surface area contributed by atoms with E-state index < -0.39 is 0 Å². The number of carbonyl (C=O) groups is 1. The summed E-state index contributed by atoms with van der Waals surface area (Å²) in [6, 6.07) is 0. The van der Waals surface area contributed by atoms with Crippen LogP contribution < -0.4 is 0 Å². The molecule has 0 aliphatic heterocycles. The maximum Gasteiger partial charge on any atom is 0.145 e. The largest absolute Gasteiger partial charge is 0.298 e. The fourth-order valence-corrected chi connectivity index (χ4v) is 2.03. The molecular formula is C21H36O. The van der Waals surface area contributed by atoms with Crippen LogP contribution in [0.1, 0.15) is 80.6 Å². The third-order valence-corrected chi connectivity index (χ3v) is 3.43. The number of rotatable bonds is 10. The van der Waals surface area contributed by atoms with Crippen molar-refractivity contribution < 1.29 is 4.79 Å². The van der Waals surface area contributed by atoms with Crippen molar-refractivity contribution in [1.82, 2.24) is 0 Å². The molecule has 0 atom stereocenters. The molecule has 22 heavy (non-hydrogen) atoms. The van der Waals surface area contributed by atoms with Crippen LogP contribution in [-0.2, 0) is 4.79 Å². The van der Waals surface area contributed by atoms with Crippen LogP contribution in [0.3, 0.4) is 0 Å². The topological polar surface area (TPSA) is 17.1 Å². The smallest absolute Gasteiger partial charge is 0.145 e. The van der Waals surface area contributed by atoms with E-state index in [1.165, 1.54) is 16.7 Å². The lowest BCUT2D eigenvalue weighted by molar-refractivity contribution is -0.104. The van der Waals surface area contributed by atoms with Crippen LogP contribution >= 0.6 is 0 Å². The highest BCUT2D eigenvalue weighted by molar-refractivity contribution is 5.71. The Hall–Kier alpha value is -1.37. The molecule has 0 spiro atoms. The first-order chi connectivity index (χ1) is 9.95. The van der Waals surface area contributed by atoms with Crippen LogP contribution in [0.4, 0.5) is 0 Å². The summed E-state index contributed by atoms with van der Waals surface area (Å²) in [5.74, 6) is 0. The van der Waals surface area contributed by atoms with Gasteiger partial charge < -0.3 is 0 Å². The van der Waals surface area contributed by atoms with Crippen LogP contribution in [0.2, 0.25) is 0 Å². The molecule has 0 saturated carbocycles. The maximum atomic E-state index is 10.5. The number of hydrogen-bond donors (Lipinski definition) is 0. The van der Waals surface area contributed by atoms with Gasteiger partial charge in [-0.1, -0.05) is 48.5 Å². The van der Waals surface area contributed by atoms with E-state index in [-0.39, 0.29) is 7.43 Å². The summed E-state index contributed by atoms with van der Waals surface area (Å²) in [5.41, 5.74) is 5.14. The van der Waals surface area contributed by atoms with Gasteiger partial charge in [-0.2, -0.15) is 0 Å². The Labute approximate surface area is 138 Å². The lowest BCUT2D eigenvalue weighted by Gasteiger charge is -2.01. The molecule has 0 unspecified atom stereocenters. The van der Waals surface area contributed by atoms with Crippen molar-refractivity contribution in [2.45, 2.75) is 80.6 Å². The minimum atomic E-state index is 0. The van der Waals surface area contributed by atoms with E-state index in [1.807, 2.05) is 13.0 Å². The summed E-state index contributed by atoms with van der Waals surface area (Å²) >= 11 is 0. The average Bonchev–Trinajstić information content (AvgIpc) is 2.43. The van der Waals surface area contributed by atoms with E-state index in [0.717, 1.165) is 50.4 Å². The highest BCUT2D eigenvalue weighted by Crippen LogP contribution is 2.12. The summed E-state index contributed by atoms with van der Waals surface area (Å²) in [6.45, 7) is 10.6. The molecule has 0 fully saturated rings. The first kappa shape index (κ1) is 22.9. The Bertz CT molecular complexity index is 415. The highest BCUT2D eigenvalue weighted by Gasteiger charge is 1.92.